The average Bonchev–Trinajstić information content (AvgIpc) is 2.58. The van der Waals surface area contributed by atoms with Crippen LogP contribution in [0.5, 0.6) is 0 Å². The number of nitrogens with one attached hydrogen (secondary N) is 1. The van der Waals surface area contributed by atoms with Crippen molar-refractivity contribution in [1.29, 1.82) is 0 Å². The van der Waals surface area contributed by atoms with E-state index in [9.17, 15) is 0 Å². The lowest BCUT2D eigenvalue weighted by atomic mass is 9.99. The predicted octanol–water partition coefficient (Wildman–Crippen LogP) is 4.45. The molecule has 0 fully saturated rings. The Morgan fingerprint density at radius 2 is 1.95 bits per heavy atom. The van der Waals surface area contributed by atoms with E-state index in [2.05, 4.69) is 17.1 Å². The minimum atomic E-state index is -0.0927. The lowest BCUT2D eigenvalue weighted by Gasteiger charge is -2.25. The topological polar surface area (TPSA) is 25.0 Å². The van der Waals surface area contributed by atoms with Crippen molar-refractivity contribution in [2.75, 3.05) is 6.61 Å². The Balaban J connectivity index is 2.12. The number of H-pyrrole nitrogens is 1. The Hall–Kier alpha value is -1.77. The molecule has 3 rings (SSSR count). The van der Waals surface area contributed by atoms with Gasteiger partial charge in [0.2, 0.25) is 0 Å². The van der Waals surface area contributed by atoms with E-state index in [0.717, 1.165) is 29.3 Å². The van der Waals surface area contributed by atoms with E-state index in [-0.39, 0.29) is 6.10 Å². The molecule has 0 aliphatic carbocycles. The summed E-state index contributed by atoms with van der Waals surface area (Å²) in [5, 5.41) is 0.731. The van der Waals surface area contributed by atoms with Crippen LogP contribution in [-0.4, -0.2) is 11.6 Å². The number of hydrogen-bond donors (Lipinski definition) is 1. The van der Waals surface area contributed by atoms with Crippen molar-refractivity contribution in [3.8, 4) is 0 Å². The zero-order valence-corrected chi connectivity index (χ0v) is 11.8. The van der Waals surface area contributed by atoms with Crippen LogP contribution >= 0.6 is 11.6 Å². The molecule has 1 aromatic carbocycles. The molecule has 0 saturated carbocycles. The molecular formula is C17H16ClNO. The summed E-state index contributed by atoms with van der Waals surface area (Å²) in [5.74, 6) is 0. The summed E-state index contributed by atoms with van der Waals surface area (Å²) in [6.45, 7) is 0.718. The molecule has 3 heteroatoms. The van der Waals surface area contributed by atoms with Crippen molar-refractivity contribution in [3.05, 3.63) is 82.6 Å². The van der Waals surface area contributed by atoms with E-state index in [1.54, 1.807) is 0 Å². The summed E-state index contributed by atoms with van der Waals surface area (Å²) in [4.78, 5) is 3.36. The monoisotopic (exact) mass is 285 g/mol. The van der Waals surface area contributed by atoms with Gasteiger partial charge in [-0.2, -0.15) is 0 Å². The number of aromatic amines is 1. The van der Waals surface area contributed by atoms with Crippen molar-refractivity contribution in [3.63, 3.8) is 0 Å². The number of fused-ring (bicyclic) bond motifs is 1. The zero-order valence-electron chi connectivity index (χ0n) is 11.1. The minimum Gasteiger partial charge on any atom is -0.367 e. The zero-order chi connectivity index (χ0) is 13.8. The number of benzene rings is 1. The maximum Gasteiger partial charge on any atom is 0.123 e. The Morgan fingerprint density at radius 1 is 1.05 bits per heavy atom. The summed E-state index contributed by atoms with van der Waals surface area (Å²) in [7, 11) is 0. The molecule has 0 spiro atoms. The molecule has 0 saturated heterocycles. The number of halogens is 1. The fraction of sp³-hybridized carbons (Fsp3) is 0.176. The first-order valence-electron chi connectivity index (χ1n) is 6.71. The highest BCUT2D eigenvalue weighted by molar-refractivity contribution is 6.30. The molecule has 2 nitrogen and oxygen atoms in total. The van der Waals surface area contributed by atoms with E-state index < -0.39 is 0 Å². The molecule has 1 aliphatic rings. The second-order valence-corrected chi connectivity index (χ2v) is 5.18. The molecule has 1 aliphatic heterocycles. The third-order valence-electron chi connectivity index (χ3n) is 3.38. The molecule has 1 unspecified atom stereocenters. The van der Waals surface area contributed by atoms with E-state index in [1.165, 1.54) is 5.56 Å². The van der Waals surface area contributed by atoms with Gasteiger partial charge in [0, 0.05) is 11.2 Å². The lowest BCUT2D eigenvalue weighted by molar-refractivity contribution is 0.0666. The Bertz CT molecular complexity index is 649. The molecule has 2 aromatic rings. The van der Waals surface area contributed by atoms with Crippen LogP contribution in [0.3, 0.4) is 0 Å². The third kappa shape index (κ3) is 2.87. The van der Waals surface area contributed by atoms with Crippen molar-refractivity contribution in [2.45, 2.75) is 12.5 Å². The number of aromatic nitrogens is 1. The Kier molecular flexibility index (Phi) is 4.05. The summed E-state index contributed by atoms with van der Waals surface area (Å²) < 4.78 is 5.96. The van der Waals surface area contributed by atoms with Crippen LogP contribution in [0.4, 0.5) is 0 Å². The van der Waals surface area contributed by atoms with Gasteiger partial charge in [0.25, 0.3) is 0 Å². The van der Waals surface area contributed by atoms with Crippen LogP contribution in [0, 0.1) is 0 Å². The van der Waals surface area contributed by atoms with Crippen LogP contribution in [0.25, 0.3) is 0 Å². The quantitative estimate of drug-likeness (QED) is 0.822. The van der Waals surface area contributed by atoms with Gasteiger partial charge in [-0.15, -0.1) is 0 Å². The fourth-order valence-corrected chi connectivity index (χ4v) is 2.64. The second kappa shape index (κ2) is 6.12. The van der Waals surface area contributed by atoms with E-state index in [0.29, 0.717) is 0 Å². The molecule has 0 bridgehead atoms. The molecule has 1 atom stereocenters. The molecule has 0 radical (unpaired) electrons. The van der Waals surface area contributed by atoms with Crippen LogP contribution < -0.4 is 0 Å². The number of hydrogen-bond acceptors (Lipinski definition) is 1. The van der Waals surface area contributed by atoms with Crippen LogP contribution in [-0.2, 0) is 11.2 Å². The van der Waals surface area contributed by atoms with Crippen molar-refractivity contribution >= 4 is 11.6 Å². The standard InChI is InChI=1S/C17H16ClNO/c18-15-8-5-7-14(12-15)17-16-13(9-11-20-17)6-3-1-2-4-10-19-16/h1-8,10,12,17,19H,9,11H2. The first-order valence-corrected chi connectivity index (χ1v) is 7.09. The molecule has 20 heavy (non-hydrogen) atoms. The minimum absolute atomic E-state index is 0.0927. The van der Waals surface area contributed by atoms with E-state index >= 15 is 0 Å². The molecule has 2 heterocycles. The smallest absolute Gasteiger partial charge is 0.123 e. The highest BCUT2D eigenvalue weighted by Gasteiger charge is 2.22. The highest BCUT2D eigenvalue weighted by Crippen LogP contribution is 2.31. The van der Waals surface area contributed by atoms with Gasteiger partial charge >= 0.3 is 0 Å². The largest absolute Gasteiger partial charge is 0.367 e. The third-order valence-corrected chi connectivity index (χ3v) is 3.62. The van der Waals surface area contributed by atoms with Crippen LogP contribution in [0.2, 0.25) is 5.02 Å². The van der Waals surface area contributed by atoms with Gasteiger partial charge in [-0.3, -0.25) is 0 Å². The van der Waals surface area contributed by atoms with Gasteiger partial charge in [-0.25, -0.2) is 0 Å². The van der Waals surface area contributed by atoms with Gasteiger partial charge in [0.05, 0.1) is 12.3 Å². The first kappa shape index (κ1) is 13.2. The van der Waals surface area contributed by atoms with Gasteiger partial charge in [-0.05, 0) is 35.7 Å². The van der Waals surface area contributed by atoms with E-state index in [1.807, 2.05) is 48.7 Å². The Labute approximate surface area is 123 Å². The summed E-state index contributed by atoms with van der Waals surface area (Å²) in [6, 6.07) is 18.1. The van der Waals surface area contributed by atoms with Crippen molar-refractivity contribution in [1.82, 2.24) is 4.98 Å². The summed E-state index contributed by atoms with van der Waals surface area (Å²) in [5.41, 5.74) is 3.44. The molecule has 1 N–H and O–H groups in total. The van der Waals surface area contributed by atoms with E-state index in [4.69, 9.17) is 16.3 Å². The number of ether oxygens (including phenoxy) is 1. The highest BCUT2D eigenvalue weighted by atomic mass is 35.5. The molecule has 0 amide bonds. The fourth-order valence-electron chi connectivity index (χ4n) is 2.44. The second-order valence-electron chi connectivity index (χ2n) is 4.74. The van der Waals surface area contributed by atoms with Gasteiger partial charge in [-0.1, -0.05) is 48.0 Å². The molecule has 102 valence electrons. The molecular weight excluding hydrogens is 270 g/mol. The Morgan fingerprint density at radius 3 is 2.85 bits per heavy atom. The van der Waals surface area contributed by atoms with Crippen LogP contribution in [0.1, 0.15) is 22.9 Å². The normalized spacial score (nSPS) is 17.1. The summed E-state index contributed by atoms with van der Waals surface area (Å²) >= 11 is 6.09. The lowest BCUT2D eigenvalue weighted by Crippen LogP contribution is -2.18. The van der Waals surface area contributed by atoms with Crippen molar-refractivity contribution < 1.29 is 4.74 Å². The predicted molar refractivity (Wildman–Crippen MR) is 81.4 cm³/mol. The van der Waals surface area contributed by atoms with Gasteiger partial charge < -0.3 is 9.72 Å². The first-order chi connectivity index (χ1) is 9.84. The SMILES string of the molecule is Clc1cccc(C2OCCc3cccccc[nH]c32)c1. The average molecular weight is 286 g/mol. The van der Waals surface area contributed by atoms with Crippen LogP contribution in [0.15, 0.2) is 60.8 Å². The molecule has 1 aromatic heterocycles. The van der Waals surface area contributed by atoms with Gasteiger partial charge in [0.1, 0.15) is 6.10 Å². The number of rotatable bonds is 1. The maximum absolute atomic E-state index is 6.09. The maximum atomic E-state index is 6.09. The summed E-state index contributed by atoms with van der Waals surface area (Å²) in [6.07, 6.45) is 2.76. The van der Waals surface area contributed by atoms with Gasteiger partial charge in [0.15, 0.2) is 0 Å². The van der Waals surface area contributed by atoms with Crippen molar-refractivity contribution in [2.24, 2.45) is 0 Å².